The lowest BCUT2D eigenvalue weighted by Crippen LogP contribution is -2.42. The molecule has 0 spiro atoms. The Morgan fingerprint density at radius 2 is 2.14 bits per heavy atom. The largest absolute Gasteiger partial charge is 0.493 e. The van der Waals surface area contributed by atoms with Crippen LogP contribution in [-0.2, 0) is 21.2 Å². The van der Waals surface area contributed by atoms with E-state index in [-0.39, 0.29) is 41.8 Å². The molecule has 156 valence electrons. The summed E-state index contributed by atoms with van der Waals surface area (Å²) in [6.07, 6.45) is 5.13. The molecule has 0 saturated heterocycles. The van der Waals surface area contributed by atoms with Gasteiger partial charge in [-0.15, -0.1) is 4.40 Å². The summed E-state index contributed by atoms with van der Waals surface area (Å²) in [7, 11) is -2.26. The molecule has 2 aliphatic heterocycles. The number of nitrogens with one attached hydrogen (secondary N) is 1. The van der Waals surface area contributed by atoms with Crippen molar-refractivity contribution in [3.05, 3.63) is 47.7 Å². The van der Waals surface area contributed by atoms with Gasteiger partial charge in [-0.3, -0.25) is 4.79 Å². The van der Waals surface area contributed by atoms with Crippen molar-refractivity contribution >= 4 is 21.8 Å². The van der Waals surface area contributed by atoms with Gasteiger partial charge in [0.2, 0.25) is 0 Å². The molecule has 1 aromatic rings. The third kappa shape index (κ3) is 5.11. The summed E-state index contributed by atoms with van der Waals surface area (Å²) in [6.45, 7) is -2.57. The summed E-state index contributed by atoms with van der Waals surface area (Å²) >= 11 is 0. The van der Waals surface area contributed by atoms with Crippen molar-refractivity contribution in [3.63, 3.8) is 0 Å². The minimum atomic E-state index is -3.60. The van der Waals surface area contributed by atoms with Crippen LogP contribution in [0.4, 0.5) is 8.78 Å². The molecule has 0 saturated carbocycles. The van der Waals surface area contributed by atoms with Gasteiger partial charge in [-0.05, 0) is 36.3 Å². The molecule has 0 aliphatic carbocycles. The molecule has 0 bridgehead atoms. The van der Waals surface area contributed by atoms with Gasteiger partial charge in [0.25, 0.3) is 15.9 Å². The normalized spacial score (nSPS) is 17.3. The Kier molecular flexibility index (Phi) is 6.16. The van der Waals surface area contributed by atoms with Crippen LogP contribution in [-0.4, -0.2) is 57.6 Å². The second-order valence-electron chi connectivity index (χ2n) is 6.19. The molecule has 29 heavy (non-hydrogen) atoms. The van der Waals surface area contributed by atoms with Gasteiger partial charge in [0.15, 0.2) is 17.3 Å². The van der Waals surface area contributed by atoms with Crippen molar-refractivity contribution in [2.75, 3.05) is 26.0 Å². The molecule has 1 amide bonds. The van der Waals surface area contributed by atoms with Crippen LogP contribution < -0.4 is 14.8 Å². The fraction of sp³-hybridized carbons (Fsp3) is 0.333. The number of methoxy groups -OCH3 is 1. The van der Waals surface area contributed by atoms with Gasteiger partial charge in [0.1, 0.15) is 0 Å². The summed E-state index contributed by atoms with van der Waals surface area (Å²) in [4.78, 5) is 14.1. The first kappa shape index (κ1) is 20.8. The number of alkyl halides is 2. The van der Waals surface area contributed by atoms with E-state index in [1.54, 1.807) is 23.2 Å². The number of amidine groups is 1. The molecule has 2 aliphatic rings. The molecule has 3 rings (SSSR count). The van der Waals surface area contributed by atoms with Crippen LogP contribution in [0.25, 0.3) is 0 Å². The molecule has 1 aromatic carbocycles. The van der Waals surface area contributed by atoms with E-state index >= 15 is 0 Å². The molecule has 0 fully saturated rings. The van der Waals surface area contributed by atoms with Crippen molar-refractivity contribution in [2.24, 2.45) is 4.40 Å². The van der Waals surface area contributed by atoms with Crippen LogP contribution in [0.15, 0.2) is 46.5 Å². The number of nitrogens with zero attached hydrogens (tertiary/aromatic N) is 2. The Morgan fingerprint density at radius 3 is 2.86 bits per heavy atom. The van der Waals surface area contributed by atoms with E-state index in [1.165, 1.54) is 25.3 Å². The van der Waals surface area contributed by atoms with E-state index in [0.29, 0.717) is 12.0 Å². The number of carbonyl (C=O) groups excluding carboxylic acids is 1. The van der Waals surface area contributed by atoms with Gasteiger partial charge >= 0.3 is 6.61 Å². The van der Waals surface area contributed by atoms with Crippen molar-refractivity contribution < 1.29 is 31.5 Å². The Hall–Kier alpha value is -2.95. The third-order valence-electron chi connectivity index (χ3n) is 4.25. The fourth-order valence-electron chi connectivity index (χ4n) is 2.87. The van der Waals surface area contributed by atoms with Gasteiger partial charge in [0, 0.05) is 19.3 Å². The first-order valence-electron chi connectivity index (χ1n) is 8.67. The van der Waals surface area contributed by atoms with Crippen LogP contribution in [0.2, 0.25) is 0 Å². The highest BCUT2D eigenvalue weighted by Gasteiger charge is 2.29. The SMILES string of the molecule is COc1ccc(CCNC(=O)C2=CC=CN3CCS(=O)(=O)N=C23)cc1OC(F)F. The smallest absolute Gasteiger partial charge is 0.387 e. The van der Waals surface area contributed by atoms with Crippen molar-refractivity contribution in [2.45, 2.75) is 13.0 Å². The Bertz CT molecular complexity index is 989. The second kappa shape index (κ2) is 8.60. The molecule has 11 heteroatoms. The zero-order valence-corrected chi connectivity index (χ0v) is 16.3. The molecule has 0 unspecified atom stereocenters. The summed E-state index contributed by atoms with van der Waals surface area (Å²) in [6, 6.07) is 4.59. The fourth-order valence-corrected chi connectivity index (χ4v) is 3.86. The summed E-state index contributed by atoms with van der Waals surface area (Å²) < 4.78 is 61.7. The summed E-state index contributed by atoms with van der Waals surface area (Å²) in [5.41, 5.74) is 0.797. The Labute approximate surface area is 166 Å². The molecular formula is C18H19F2N3O5S. The average molecular weight is 427 g/mol. The van der Waals surface area contributed by atoms with Crippen molar-refractivity contribution in [1.29, 1.82) is 0 Å². The molecule has 0 atom stereocenters. The number of sulfonamides is 1. The van der Waals surface area contributed by atoms with Gasteiger partial charge in [-0.1, -0.05) is 6.07 Å². The Balaban J connectivity index is 1.65. The van der Waals surface area contributed by atoms with E-state index in [4.69, 9.17) is 4.74 Å². The number of benzene rings is 1. The number of amides is 1. The van der Waals surface area contributed by atoms with Gasteiger partial charge in [-0.25, -0.2) is 8.42 Å². The van der Waals surface area contributed by atoms with Gasteiger partial charge < -0.3 is 19.7 Å². The van der Waals surface area contributed by atoms with Crippen LogP contribution >= 0.6 is 0 Å². The molecule has 1 N–H and O–H groups in total. The number of hydrogen-bond donors (Lipinski definition) is 1. The standard InChI is InChI=1S/C18H19F2N3O5S/c1-27-14-5-4-12(11-15(14)28-18(19)20)6-7-21-17(24)13-3-2-8-23-9-10-29(25,26)22-16(13)23/h2-5,8,11,18H,6-7,9-10H2,1H3,(H,21,24). The lowest BCUT2D eigenvalue weighted by molar-refractivity contribution is -0.117. The minimum absolute atomic E-state index is 0.0910. The maximum atomic E-state index is 12.5. The zero-order valence-electron chi connectivity index (χ0n) is 15.5. The minimum Gasteiger partial charge on any atom is -0.493 e. The predicted molar refractivity (Wildman–Crippen MR) is 101 cm³/mol. The van der Waals surface area contributed by atoms with Gasteiger partial charge in [-0.2, -0.15) is 8.78 Å². The van der Waals surface area contributed by atoms with E-state index < -0.39 is 22.5 Å². The van der Waals surface area contributed by atoms with E-state index in [0.717, 1.165) is 0 Å². The lowest BCUT2D eigenvalue weighted by Gasteiger charge is -2.28. The summed E-state index contributed by atoms with van der Waals surface area (Å²) in [5.74, 6) is -0.422. The monoisotopic (exact) mass is 427 g/mol. The molecule has 0 aromatic heterocycles. The third-order valence-corrected chi connectivity index (χ3v) is 5.40. The Morgan fingerprint density at radius 1 is 1.34 bits per heavy atom. The van der Waals surface area contributed by atoms with E-state index in [1.807, 2.05) is 0 Å². The number of carbonyl (C=O) groups is 1. The van der Waals surface area contributed by atoms with Crippen LogP contribution in [0.1, 0.15) is 5.56 Å². The second-order valence-corrected chi connectivity index (χ2v) is 7.94. The maximum absolute atomic E-state index is 12.5. The molecule has 0 radical (unpaired) electrons. The zero-order chi connectivity index (χ0) is 21.0. The lowest BCUT2D eigenvalue weighted by atomic mass is 10.1. The molecular weight excluding hydrogens is 408 g/mol. The van der Waals surface area contributed by atoms with Crippen molar-refractivity contribution in [1.82, 2.24) is 10.2 Å². The van der Waals surface area contributed by atoms with Crippen LogP contribution in [0.3, 0.4) is 0 Å². The predicted octanol–water partition coefficient (Wildman–Crippen LogP) is 1.45. The highest BCUT2D eigenvalue weighted by atomic mass is 32.2. The van der Waals surface area contributed by atoms with Crippen LogP contribution in [0, 0.1) is 0 Å². The molecule has 2 heterocycles. The highest BCUT2D eigenvalue weighted by molar-refractivity contribution is 7.90. The topological polar surface area (TPSA) is 97.3 Å². The maximum Gasteiger partial charge on any atom is 0.387 e. The summed E-state index contributed by atoms with van der Waals surface area (Å²) in [5, 5.41) is 2.69. The van der Waals surface area contributed by atoms with Crippen LogP contribution in [0.5, 0.6) is 11.5 Å². The highest BCUT2D eigenvalue weighted by Crippen LogP contribution is 2.29. The van der Waals surface area contributed by atoms with Gasteiger partial charge in [0.05, 0.1) is 18.4 Å². The number of allylic oxidation sites excluding steroid dienone is 2. The number of fused-ring (bicyclic) bond motifs is 1. The van der Waals surface area contributed by atoms with E-state index in [2.05, 4.69) is 14.5 Å². The first-order valence-corrected chi connectivity index (χ1v) is 10.3. The van der Waals surface area contributed by atoms with Crippen molar-refractivity contribution in [3.8, 4) is 11.5 Å². The quantitative estimate of drug-likeness (QED) is 0.708. The van der Waals surface area contributed by atoms with E-state index in [9.17, 15) is 22.0 Å². The number of ether oxygens (including phenoxy) is 2. The number of hydrogen-bond acceptors (Lipinski definition) is 6. The average Bonchev–Trinajstić information content (AvgIpc) is 2.66. The number of rotatable bonds is 7. The first-order chi connectivity index (χ1) is 13.8. The number of halogens is 2. The molecule has 8 nitrogen and oxygen atoms in total.